The highest BCUT2D eigenvalue weighted by Gasteiger charge is 2.30. The molecule has 7 nitrogen and oxygen atoms in total. The summed E-state index contributed by atoms with van der Waals surface area (Å²) in [6.45, 7) is 2.96. The smallest absolute Gasteiger partial charge is 0.272 e. The van der Waals surface area contributed by atoms with Crippen LogP contribution in [0.1, 0.15) is 44.2 Å². The molecular weight excluding hydrogens is 368 g/mol. The minimum absolute atomic E-state index is 0.00428. The Morgan fingerprint density at radius 1 is 0.931 bits per heavy atom. The van der Waals surface area contributed by atoms with E-state index in [9.17, 15) is 14.4 Å². The van der Waals surface area contributed by atoms with E-state index in [0.717, 1.165) is 44.2 Å². The maximum absolute atomic E-state index is 12.8. The quantitative estimate of drug-likeness (QED) is 0.861. The molecule has 0 unspecified atom stereocenters. The van der Waals surface area contributed by atoms with Gasteiger partial charge in [0.05, 0.1) is 17.5 Å². The van der Waals surface area contributed by atoms with E-state index in [0.29, 0.717) is 24.2 Å². The topological polar surface area (TPSA) is 86.4 Å². The molecule has 0 aliphatic carbocycles. The third-order valence-corrected chi connectivity index (χ3v) is 6.21. The van der Waals surface area contributed by atoms with Crippen molar-refractivity contribution in [1.29, 1.82) is 0 Å². The summed E-state index contributed by atoms with van der Waals surface area (Å²) in [7, 11) is 0. The molecular formula is C22H28N4O3. The summed E-state index contributed by atoms with van der Waals surface area (Å²) in [6, 6.07) is 7.21. The Bertz CT molecular complexity index is 938. The molecule has 2 fully saturated rings. The minimum atomic E-state index is -0.246. The van der Waals surface area contributed by atoms with Gasteiger partial charge in [-0.3, -0.25) is 14.4 Å². The zero-order valence-electron chi connectivity index (χ0n) is 16.7. The summed E-state index contributed by atoms with van der Waals surface area (Å²) in [6.07, 6.45) is 6.23. The van der Waals surface area contributed by atoms with Gasteiger partial charge in [0.1, 0.15) is 0 Å². The number of H-pyrrole nitrogens is 1. The lowest BCUT2D eigenvalue weighted by Crippen LogP contribution is -2.45. The number of carbonyl (C=O) groups is 2. The number of carbonyl (C=O) groups excluding carboxylic acids is 2. The second kappa shape index (κ2) is 8.76. The molecule has 0 spiro atoms. The van der Waals surface area contributed by atoms with Gasteiger partial charge >= 0.3 is 0 Å². The van der Waals surface area contributed by atoms with Crippen LogP contribution in [0.2, 0.25) is 0 Å². The van der Waals surface area contributed by atoms with Gasteiger partial charge in [0, 0.05) is 37.5 Å². The van der Waals surface area contributed by atoms with E-state index in [-0.39, 0.29) is 29.7 Å². The first-order chi connectivity index (χ1) is 14.1. The molecule has 0 radical (unpaired) electrons. The van der Waals surface area contributed by atoms with E-state index in [4.69, 9.17) is 0 Å². The van der Waals surface area contributed by atoms with Gasteiger partial charge in [0.25, 0.3) is 5.56 Å². The molecule has 29 heavy (non-hydrogen) atoms. The monoisotopic (exact) mass is 396 g/mol. The van der Waals surface area contributed by atoms with Crippen molar-refractivity contribution in [3.05, 3.63) is 40.3 Å². The van der Waals surface area contributed by atoms with E-state index in [1.54, 1.807) is 12.1 Å². The van der Waals surface area contributed by atoms with Crippen molar-refractivity contribution < 1.29 is 9.59 Å². The molecule has 1 aromatic carbocycles. The molecule has 1 aromatic heterocycles. The summed E-state index contributed by atoms with van der Waals surface area (Å²) in [5.41, 5.74) is 0.345. The first-order valence-corrected chi connectivity index (χ1v) is 10.7. The average molecular weight is 396 g/mol. The van der Waals surface area contributed by atoms with Crippen LogP contribution < -0.4 is 5.56 Å². The first-order valence-electron chi connectivity index (χ1n) is 10.7. The second-order valence-electron chi connectivity index (χ2n) is 8.12. The van der Waals surface area contributed by atoms with Crippen LogP contribution in [-0.2, 0) is 16.0 Å². The van der Waals surface area contributed by atoms with Crippen LogP contribution >= 0.6 is 0 Å². The van der Waals surface area contributed by atoms with Crippen molar-refractivity contribution in [1.82, 2.24) is 20.0 Å². The van der Waals surface area contributed by atoms with Crippen LogP contribution in [0.15, 0.2) is 29.1 Å². The number of hydrogen-bond donors (Lipinski definition) is 1. The molecule has 0 saturated carbocycles. The number of hydrogen-bond acceptors (Lipinski definition) is 4. The van der Waals surface area contributed by atoms with E-state index < -0.39 is 0 Å². The van der Waals surface area contributed by atoms with Crippen LogP contribution in [0.4, 0.5) is 0 Å². The summed E-state index contributed by atoms with van der Waals surface area (Å²) < 4.78 is 0. The van der Waals surface area contributed by atoms with Crippen molar-refractivity contribution in [2.24, 2.45) is 5.92 Å². The largest absolute Gasteiger partial charge is 0.342 e. The predicted molar refractivity (Wildman–Crippen MR) is 110 cm³/mol. The van der Waals surface area contributed by atoms with Gasteiger partial charge in [-0.1, -0.05) is 31.0 Å². The fraction of sp³-hybridized carbons (Fsp3) is 0.545. The Kier molecular flexibility index (Phi) is 5.92. The number of rotatable bonds is 3. The summed E-state index contributed by atoms with van der Waals surface area (Å²) in [5, 5.41) is 7.86. The molecule has 2 aromatic rings. The standard InChI is InChI=1S/C22H28N4O3/c27-20(15-19-17-7-3-4-8-18(17)21(28)24-23-19)25-13-9-16(10-14-25)22(29)26-11-5-1-2-6-12-26/h3-4,7-8,16H,1-2,5-6,9-15H2,(H,24,28). The van der Waals surface area contributed by atoms with Gasteiger partial charge in [0.15, 0.2) is 0 Å². The lowest BCUT2D eigenvalue weighted by molar-refractivity contribution is -0.140. The molecule has 2 aliphatic rings. The molecule has 4 rings (SSSR count). The molecule has 7 heteroatoms. The highest BCUT2D eigenvalue weighted by molar-refractivity contribution is 5.88. The Morgan fingerprint density at radius 3 is 2.28 bits per heavy atom. The van der Waals surface area contributed by atoms with Crippen molar-refractivity contribution >= 4 is 22.6 Å². The number of fused-ring (bicyclic) bond motifs is 1. The molecule has 2 amide bonds. The fourth-order valence-corrected chi connectivity index (χ4v) is 4.49. The maximum Gasteiger partial charge on any atom is 0.272 e. The van der Waals surface area contributed by atoms with Gasteiger partial charge in [0.2, 0.25) is 11.8 Å². The molecule has 2 aliphatic heterocycles. The molecule has 1 N–H and O–H groups in total. The zero-order chi connectivity index (χ0) is 20.2. The molecule has 154 valence electrons. The fourth-order valence-electron chi connectivity index (χ4n) is 4.49. The van der Waals surface area contributed by atoms with E-state index in [1.165, 1.54) is 12.8 Å². The lowest BCUT2D eigenvalue weighted by atomic mass is 9.94. The Balaban J connectivity index is 1.37. The van der Waals surface area contributed by atoms with E-state index >= 15 is 0 Å². The number of benzene rings is 1. The molecule has 2 saturated heterocycles. The average Bonchev–Trinajstić information content (AvgIpc) is 3.05. The van der Waals surface area contributed by atoms with Crippen molar-refractivity contribution in [3.63, 3.8) is 0 Å². The number of likely N-dealkylation sites (tertiary alicyclic amines) is 2. The van der Waals surface area contributed by atoms with Crippen molar-refractivity contribution in [2.75, 3.05) is 26.2 Å². The van der Waals surface area contributed by atoms with Gasteiger partial charge in [-0.25, -0.2) is 5.10 Å². The van der Waals surface area contributed by atoms with E-state index in [1.807, 2.05) is 21.9 Å². The van der Waals surface area contributed by atoms with Crippen LogP contribution in [0.3, 0.4) is 0 Å². The number of piperidine rings is 1. The van der Waals surface area contributed by atoms with Crippen molar-refractivity contribution in [3.8, 4) is 0 Å². The van der Waals surface area contributed by atoms with Crippen molar-refractivity contribution in [2.45, 2.75) is 44.9 Å². The summed E-state index contributed by atoms with van der Waals surface area (Å²) in [4.78, 5) is 41.4. The summed E-state index contributed by atoms with van der Waals surface area (Å²) >= 11 is 0. The predicted octanol–water partition coefficient (Wildman–Crippen LogP) is 2.11. The SMILES string of the molecule is O=C(Cc1n[nH]c(=O)c2ccccc12)N1CCC(C(=O)N2CCCCCC2)CC1. The number of nitrogens with one attached hydrogen (secondary N) is 1. The number of aromatic nitrogens is 2. The first kappa shape index (κ1) is 19.6. The highest BCUT2D eigenvalue weighted by atomic mass is 16.2. The number of aromatic amines is 1. The molecule has 0 bridgehead atoms. The normalized spacial score (nSPS) is 18.6. The van der Waals surface area contributed by atoms with E-state index in [2.05, 4.69) is 10.2 Å². The third-order valence-electron chi connectivity index (χ3n) is 6.21. The Morgan fingerprint density at radius 2 is 1.59 bits per heavy atom. The number of nitrogens with zero attached hydrogens (tertiary/aromatic N) is 3. The van der Waals surface area contributed by atoms with Crippen LogP contribution in [0.25, 0.3) is 10.8 Å². The third kappa shape index (κ3) is 4.33. The maximum atomic E-state index is 12.8. The second-order valence-corrected chi connectivity index (χ2v) is 8.12. The lowest BCUT2D eigenvalue weighted by Gasteiger charge is -2.34. The van der Waals surface area contributed by atoms with Gasteiger partial charge < -0.3 is 9.80 Å². The molecule has 3 heterocycles. The number of amides is 2. The van der Waals surface area contributed by atoms with Gasteiger partial charge in [-0.05, 0) is 31.7 Å². The molecule has 0 atom stereocenters. The van der Waals surface area contributed by atoms with Gasteiger partial charge in [-0.15, -0.1) is 0 Å². The van der Waals surface area contributed by atoms with Crippen LogP contribution in [-0.4, -0.2) is 58.0 Å². The zero-order valence-corrected chi connectivity index (χ0v) is 16.7. The minimum Gasteiger partial charge on any atom is -0.342 e. The Hall–Kier alpha value is -2.70. The highest BCUT2D eigenvalue weighted by Crippen LogP contribution is 2.23. The summed E-state index contributed by atoms with van der Waals surface area (Å²) in [5.74, 6) is 0.298. The van der Waals surface area contributed by atoms with Gasteiger partial charge in [-0.2, -0.15) is 5.10 Å². The van der Waals surface area contributed by atoms with Crippen LogP contribution in [0.5, 0.6) is 0 Å². The van der Waals surface area contributed by atoms with Crippen LogP contribution in [0, 0.1) is 5.92 Å². The Labute approximate surface area is 170 Å².